The summed E-state index contributed by atoms with van der Waals surface area (Å²) in [5.74, 6) is 0. The molecule has 0 aliphatic rings. The van der Waals surface area contributed by atoms with Gasteiger partial charge in [0.15, 0.2) is 0 Å². The fourth-order valence-corrected chi connectivity index (χ4v) is 2.23. The Morgan fingerprint density at radius 3 is 2.19 bits per heavy atom. The Kier molecular flexibility index (Phi) is 7.51. The van der Waals surface area contributed by atoms with Crippen LogP contribution < -0.4 is 4.90 Å². The van der Waals surface area contributed by atoms with Crippen molar-refractivity contribution >= 4 is 31.4 Å². The van der Waals surface area contributed by atoms with Gasteiger partial charge in [0.1, 0.15) is 0 Å². The molecule has 0 bridgehead atoms. The topological polar surface area (TPSA) is 12.5 Å². The van der Waals surface area contributed by atoms with Crippen molar-refractivity contribution in [3.63, 3.8) is 0 Å². The van der Waals surface area contributed by atoms with Crippen molar-refractivity contribution in [2.24, 2.45) is 0 Å². The maximum Gasteiger partial charge on any atom is 0.416 e. The predicted octanol–water partition coefficient (Wildman–Crippen LogP) is 5.49. The van der Waals surface area contributed by atoms with Crippen LogP contribution in [0, 0.1) is 0 Å². The Bertz CT molecular complexity index is 742. The molecule has 0 aromatic heterocycles. The van der Waals surface area contributed by atoms with Crippen molar-refractivity contribution in [2.75, 3.05) is 19.0 Å². The molecule has 0 aliphatic heterocycles. The van der Waals surface area contributed by atoms with Crippen molar-refractivity contribution in [2.45, 2.75) is 44.2 Å². The van der Waals surface area contributed by atoms with E-state index in [0.717, 1.165) is 7.48 Å². The summed E-state index contributed by atoms with van der Waals surface area (Å²) in [6.07, 6.45) is -3.42. The van der Waals surface area contributed by atoms with Crippen LogP contribution in [0.4, 0.5) is 18.9 Å². The molecule has 2 nitrogen and oxygen atoms in total. The van der Waals surface area contributed by atoms with Crippen molar-refractivity contribution in [3.05, 3.63) is 53.7 Å². The molecule has 1 aromatic rings. The van der Waals surface area contributed by atoms with Crippen LogP contribution in [0.2, 0.25) is 0 Å². The van der Waals surface area contributed by atoms with Gasteiger partial charge in [-0.3, -0.25) is 0 Å². The SMILES string of the molecule is C=C=C/C([B]OC(C)(C)C(C)(C)S)=C(\c1ccccc1N(C)C)C(F)(F)F. The summed E-state index contributed by atoms with van der Waals surface area (Å²) < 4.78 is 47.3. The highest BCUT2D eigenvalue weighted by Crippen LogP contribution is 2.41. The van der Waals surface area contributed by atoms with E-state index >= 15 is 0 Å². The predicted molar refractivity (Wildman–Crippen MR) is 111 cm³/mol. The smallest absolute Gasteiger partial charge is 0.416 e. The molecule has 0 spiro atoms. The molecule has 0 heterocycles. The van der Waals surface area contributed by atoms with Crippen LogP contribution in [0.15, 0.2) is 48.1 Å². The van der Waals surface area contributed by atoms with E-state index in [9.17, 15) is 13.2 Å². The lowest BCUT2D eigenvalue weighted by molar-refractivity contribution is -0.0691. The van der Waals surface area contributed by atoms with Gasteiger partial charge in [0.25, 0.3) is 0 Å². The number of allylic oxidation sites excluding steroid dienone is 3. The lowest BCUT2D eigenvalue weighted by atomic mass is 9.78. The number of anilines is 1. The third-order valence-electron chi connectivity index (χ3n) is 4.44. The molecule has 1 aromatic carbocycles. The van der Waals surface area contributed by atoms with Gasteiger partial charge in [-0.1, -0.05) is 24.8 Å². The van der Waals surface area contributed by atoms with Crippen LogP contribution >= 0.6 is 12.6 Å². The first-order valence-electron chi connectivity index (χ1n) is 8.40. The quantitative estimate of drug-likeness (QED) is 0.283. The minimum atomic E-state index is -4.60. The molecular weight excluding hydrogens is 370 g/mol. The number of halogens is 3. The average molecular weight is 396 g/mol. The van der Waals surface area contributed by atoms with Gasteiger partial charge in [0.05, 0.1) is 11.2 Å². The maximum absolute atomic E-state index is 14.0. The number of hydrogen-bond donors (Lipinski definition) is 1. The Hall–Kier alpha value is -1.56. The van der Waals surface area contributed by atoms with Gasteiger partial charge >= 0.3 is 13.7 Å². The summed E-state index contributed by atoms with van der Waals surface area (Å²) in [4.78, 5) is 1.64. The molecule has 147 valence electrons. The third-order valence-corrected chi connectivity index (χ3v) is 4.98. The zero-order chi connectivity index (χ0) is 21.0. The minimum absolute atomic E-state index is 0.0549. The van der Waals surface area contributed by atoms with E-state index in [1.54, 1.807) is 51.0 Å². The number of hydrogen-bond acceptors (Lipinski definition) is 3. The standard InChI is InChI=1S/C20H26BF3NOS/c1-8-11-15(21-26-18(2,3)19(4,5)27)17(20(22,23)24)14-12-9-10-13-16(14)25(6)7/h9-13,27H,1H2,2-7H3/b17-15-. The molecule has 0 amide bonds. The zero-order valence-electron chi connectivity index (χ0n) is 16.6. The number of nitrogens with zero attached hydrogens (tertiary/aromatic N) is 1. The summed E-state index contributed by atoms with van der Waals surface area (Å²) in [6, 6.07) is 6.35. The van der Waals surface area contributed by atoms with Crippen molar-refractivity contribution < 1.29 is 17.8 Å². The van der Waals surface area contributed by atoms with Gasteiger partial charge in [-0.15, -0.1) is 5.73 Å². The fraction of sp³-hybridized carbons (Fsp3) is 0.450. The lowest BCUT2D eigenvalue weighted by Gasteiger charge is -2.38. The summed E-state index contributed by atoms with van der Waals surface area (Å²) in [5.41, 5.74) is 1.16. The fourth-order valence-electron chi connectivity index (χ4n) is 2.18. The average Bonchev–Trinajstić information content (AvgIpc) is 2.50. The highest BCUT2D eigenvalue weighted by atomic mass is 32.1. The molecule has 0 aliphatic carbocycles. The molecule has 27 heavy (non-hydrogen) atoms. The van der Waals surface area contributed by atoms with Crippen LogP contribution in [0.5, 0.6) is 0 Å². The van der Waals surface area contributed by atoms with Gasteiger partial charge in [-0.05, 0) is 45.3 Å². The molecule has 0 fully saturated rings. The van der Waals surface area contributed by atoms with Crippen LogP contribution in [-0.2, 0) is 4.65 Å². The van der Waals surface area contributed by atoms with E-state index in [-0.39, 0.29) is 11.0 Å². The first-order chi connectivity index (χ1) is 12.2. The van der Waals surface area contributed by atoms with Crippen LogP contribution in [0.25, 0.3) is 5.57 Å². The zero-order valence-corrected chi connectivity index (χ0v) is 17.5. The van der Waals surface area contributed by atoms with E-state index in [0.29, 0.717) is 5.69 Å². The summed E-state index contributed by atoms with van der Waals surface area (Å²) in [6.45, 7) is 10.6. The number of benzene rings is 1. The van der Waals surface area contributed by atoms with Gasteiger partial charge in [0, 0.05) is 30.1 Å². The van der Waals surface area contributed by atoms with Gasteiger partial charge in [-0.2, -0.15) is 25.8 Å². The number of alkyl halides is 3. The van der Waals surface area contributed by atoms with E-state index in [1.807, 2.05) is 13.8 Å². The van der Waals surface area contributed by atoms with Crippen LogP contribution in [-0.4, -0.2) is 38.1 Å². The number of thiol groups is 1. The van der Waals surface area contributed by atoms with E-state index < -0.39 is 22.1 Å². The van der Waals surface area contributed by atoms with Gasteiger partial charge in [0.2, 0.25) is 0 Å². The molecule has 1 radical (unpaired) electrons. The van der Waals surface area contributed by atoms with Crippen molar-refractivity contribution in [1.82, 2.24) is 0 Å². The van der Waals surface area contributed by atoms with E-state index in [2.05, 4.69) is 24.9 Å². The highest BCUT2D eigenvalue weighted by molar-refractivity contribution is 7.81. The molecule has 7 heteroatoms. The van der Waals surface area contributed by atoms with Crippen molar-refractivity contribution in [3.8, 4) is 0 Å². The summed E-state index contributed by atoms with van der Waals surface area (Å²) >= 11 is 4.48. The first kappa shape index (κ1) is 23.5. The van der Waals surface area contributed by atoms with E-state index in [1.165, 1.54) is 12.1 Å². The van der Waals surface area contributed by atoms with E-state index in [4.69, 9.17) is 4.65 Å². The Labute approximate surface area is 166 Å². The highest BCUT2D eigenvalue weighted by Gasteiger charge is 2.40. The van der Waals surface area contributed by atoms with Crippen LogP contribution in [0.1, 0.15) is 33.3 Å². The molecule has 0 N–H and O–H groups in total. The Balaban J connectivity index is 3.59. The van der Waals surface area contributed by atoms with Gasteiger partial charge in [-0.25, -0.2) is 0 Å². The van der Waals surface area contributed by atoms with Gasteiger partial charge < -0.3 is 9.55 Å². The second-order valence-corrected chi connectivity index (χ2v) is 8.51. The Morgan fingerprint density at radius 2 is 1.74 bits per heavy atom. The maximum atomic E-state index is 14.0. The molecular formula is C20H26BF3NOS. The third kappa shape index (κ3) is 5.96. The summed E-state index contributed by atoms with van der Waals surface area (Å²) in [5, 5.41) is 0. The minimum Gasteiger partial charge on any atom is -0.428 e. The summed E-state index contributed by atoms with van der Waals surface area (Å²) in [7, 11) is 4.51. The normalized spacial score (nSPS) is 13.6. The molecule has 0 unspecified atom stereocenters. The second-order valence-electron chi connectivity index (χ2n) is 7.39. The second kappa shape index (κ2) is 8.64. The number of rotatable bonds is 7. The number of para-hydroxylation sites is 1. The molecule has 0 saturated carbocycles. The molecule has 0 saturated heterocycles. The monoisotopic (exact) mass is 396 g/mol. The van der Waals surface area contributed by atoms with Crippen LogP contribution in [0.3, 0.4) is 0 Å². The van der Waals surface area contributed by atoms with Crippen molar-refractivity contribution in [1.29, 1.82) is 0 Å². The first-order valence-corrected chi connectivity index (χ1v) is 8.84. The largest absolute Gasteiger partial charge is 0.428 e. The molecule has 1 rings (SSSR count). The lowest BCUT2D eigenvalue weighted by Crippen LogP contribution is -2.44. The molecule has 0 atom stereocenters. The Morgan fingerprint density at radius 1 is 1.19 bits per heavy atom.